The number of alkyl halides is 1. The predicted octanol–water partition coefficient (Wildman–Crippen LogP) is 3.77. The standard InChI is InChI=1S/C19H23ClO2/c1-9-10-4-7-19-13(17(10,2)6-5-12(9)20)8-11-14(15(19)21)18(11,3)16(19)22/h10-14H,1,4-8H2,2-3H3/t10-,11-,12+,13+,14-,17-,18-,19+/m1/s1. The molecule has 0 radical (unpaired) electrons. The number of ketones is 2. The molecule has 0 heterocycles. The van der Waals surface area contributed by atoms with E-state index in [2.05, 4.69) is 20.4 Å². The van der Waals surface area contributed by atoms with Gasteiger partial charge in [-0.2, -0.15) is 0 Å². The van der Waals surface area contributed by atoms with E-state index in [1.165, 1.54) is 0 Å². The number of rotatable bonds is 0. The highest BCUT2D eigenvalue weighted by Crippen LogP contribution is 2.81. The van der Waals surface area contributed by atoms with Crippen molar-refractivity contribution in [3.8, 4) is 0 Å². The van der Waals surface area contributed by atoms with Crippen molar-refractivity contribution in [2.24, 2.45) is 39.9 Å². The van der Waals surface area contributed by atoms with Crippen molar-refractivity contribution in [1.29, 1.82) is 0 Å². The van der Waals surface area contributed by atoms with Crippen LogP contribution in [0.25, 0.3) is 0 Å². The molecule has 0 aromatic rings. The molecule has 118 valence electrons. The number of hydrogen-bond acceptors (Lipinski definition) is 2. The van der Waals surface area contributed by atoms with Crippen molar-refractivity contribution < 1.29 is 9.59 Å². The van der Waals surface area contributed by atoms with Crippen molar-refractivity contribution in [2.45, 2.75) is 51.3 Å². The lowest BCUT2D eigenvalue weighted by atomic mass is 9.42. The molecule has 2 nitrogen and oxygen atoms in total. The van der Waals surface area contributed by atoms with Crippen molar-refractivity contribution in [1.82, 2.24) is 0 Å². The van der Waals surface area contributed by atoms with E-state index in [0.717, 1.165) is 37.7 Å². The van der Waals surface area contributed by atoms with Crippen LogP contribution in [-0.2, 0) is 9.59 Å². The highest BCUT2D eigenvalue weighted by Gasteiger charge is 2.87. The van der Waals surface area contributed by atoms with E-state index < -0.39 is 5.41 Å². The maximum absolute atomic E-state index is 13.2. The molecule has 6 aliphatic carbocycles. The van der Waals surface area contributed by atoms with Crippen molar-refractivity contribution in [3.05, 3.63) is 12.2 Å². The Kier molecular flexibility index (Phi) is 2.23. The van der Waals surface area contributed by atoms with Crippen LogP contribution >= 0.6 is 11.6 Å². The number of fused-ring (bicyclic) bond motifs is 1. The lowest BCUT2D eigenvalue weighted by Crippen LogP contribution is -2.61. The van der Waals surface area contributed by atoms with E-state index >= 15 is 0 Å². The van der Waals surface area contributed by atoms with Gasteiger partial charge >= 0.3 is 0 Å². The summed E-state index contributed by atoms with van der Waals surface area (Å²) >= 11 is 6.45. The molecule has 22 heavy (non-hydrogen) atoms. The van der Waals surface area contributed by atoms with E-state index in [-0.39, 0.29) is 28.0 Å². The Labute approximate surface area is 136 Å². The fourth-order valence-corrected chi connectivity index (χ4v) is 7.65. The minimum atomic E-state index is -0.640. The van der Waals surface area contributed by atoms with Crippen LogP contribution in [0.4, 0.5) is 0 Å². The largest absolute Gasteiger partial charge is 0.298 e. The summed E-state index contributed by atoms with van der Waals surface area (Å²) in [6.45, 7) is 8.64. The van der Waals surface area contributed by atoms with Gasteiger partial charge in [0.15, 0.2) is 11.6 Å². The second-order valence-corrected chi connectivity index (χ2v) is 9.52. The molecular weight excluding hydrogens is 296 g/mol. The van der Waals surface area contributed by atoms with Gasteiger partial charge in [0.1, 0.15) is 0 Å². The Balaban J connectivity index is 1.64. The molecule has 0 amide bonds. The number of carbonyl (C=O) groups is 2. The van der Waals surface area contributed by atoms with Gasteiger partial charge in [-0.25, -0.2) is 0 Å². The number of halogens is 1. The Morgan fingerprint density at radius 1 is 1.18 bits per heavy atom. The van der Waals surface area contributed by atoms with E-state index in [1.807, 2.05) is 0 Å². The van der Waals surface area contributed by atoms with Gasteiger partial charge in [0.25, 0.3) is 0 Å². The molecule has 0 saturated heterocycles. The second kappa shape index (κ2) is 3.55. The van der Waals surface area contributed by atoms with Crippen LogP contribution in [0, 0.1) is 39.9 Å². The average Bonchev–Trinajstić information content (AvgIpc) is 3.07. The minimum absolute atomic E-state index is 0.0426. The summed E-state index contributed by atoms with van der Waals surface area (Å²) in [5.41, 5.74) is 0.266. The van der Waals surface area contributed by atoms with Crippen LogP contribution in [-0.4, -0.2) is 16.9 Å². The van der Waals surface area contributed by atoms with Gasteiger partial charge in [-0.1, -0.05) is 26.0 Å². The first-order chi connectivity index (χ1) is 10.3. The van der Waals surface area contributed by atoms with Crippen LogP contribution in [0.5, 0.6) is 0 Å². The molecule has 0 N–H and O–H groups in total. The lowest BCUT2D eigenvalue weighted by Gasteiger charge is -2.60. The molecule has 0 aliphatic heterocycles. The quantitative estimate of drug-likeness (QED) is 0.387. The van der Waals surface area contributed by atoms with Crippen molar-refractivity contribution in [2.75, 3.05) is 0 Å². The monoisotopic (exact) mass is 318 g/mol. The van der Waals surface area contributed by atoms with Gasteiger partial charge in [-0.15, -0.1) is 11.6 Å². The molecule has 1 spiro atoms. The summed E-state index contributed by atoms with van der Waals surface area (Å²) in [6, 6.07) is 0. The predicted molar refractivity (Wildman–Crippen MR) is 84.5 cm³/mol. The molecule has 0 aromatic heterocycles. The van der Waals surface area contributed by atoms with Gasteiger partial charge < -0.3 is 0 Å². The highest BCUT2D eigenvalue weighted by molar-refractivity contribution is 6.23. The molecule has 6 saturated carbocycles. The molecule has 4 bridgehead atoms. The third kappa shape index (κ3) is 1.09. The second-order valence-electron chi connectivity index (χ2n) is 9.00. The van der Waals surface area contributed by atoms with Crippen LogP contribution in [0.1, 0.15) is 46.0 Å². The Morgan fingerprint density at radius 2 is 1.91 bits per heavy atom. The van der Waals surface area contributed by atoms with Gasteiger partial charge in [0.05, 0.1) is 10.8 Å². The number of Topliss-reactive ketones (excluding diaryl/α,β-unsaturated/α-hetero) is 2. The first-order valence-corrected chi connectivity index (χ1v) is 9.15. The topological polar surface area (TPSA) is 34.1 Å². The SMILES string of the molecule is C=C1[C@H]2CC[C@@]34C(=O)[C@H]5[C@@H](C[C@H]3[C@]2(C)CC[C@@H]1Cl)[C@@]5(C)C4=O. The zero-order chi connectivity index (χ0) is 15.7. The summed E-state index contributed by atoms with van der Waals surface area (Å²) in [7, 11) is 0. The van der Waals surface area contributed by atoms with Crippen LogP contribution in [0.2, 0.25) is 0 Å². The van der Waals surface area contributed by atoms with Gasteiger partial charge in [0, 0.05) is 11.3 Å². The van der Waals surface area contributed by atoms with Crippen LogP contribution < -0.4 is 0 Å². The van der Waals surface area contributed by atoms with E-state index in [4.69, 9.17) is 11.6 Å². The molecule has 6 fully saturated rings. The number of carbonyl (C=O) groups excluding carboxylic acids is 2. The number of allylic oxidation sites excluding steroid dienone is 1. The van der Waals surface area contributed by atoms with Crippen LogP contribution in [0.15, 0.2) is 12.2 Å². The van der Waals surface area contributed by atoms with Crippen molar-refractivity contribution >= 4 is 23.2 Å². The fourth-order valence-electron chi connectivity index (χ4n) is 7.39. The van der Waals surface area contributed by atoms with E-state index in [1.54, 1.807) is 0 Å². The van der Waals surface area contributed by atoms with Gasteiger partial charge in [-0.05, 0) is 55.3 Å². The minimum Gasteiger partial charge on any atom is -0.298 e. The molecule has 0 unspecified atom stereocenters. The summed E-state index contributed by atoms with van der Waals surface area (Å²) in [4.78, 5) is 26.3. The fraction of sp³-hybridized carbons (Fsp3) is 0.789. The zero-order valence-electron chi connectivity index (χ0n) is 13.3. The first-order valence-electron chi connectivity index (χ1n) is 8.71. The molecule has 3 heteroatoms. The summed E-state index contributed by atoms with van der Waals surface area (Å²) in [5.74, 6) is 1.62. The number of hydrogen-bond donors (Lipinski definition) is 0. The Bertz CT molecular complexity index is 654. The third-order valence-corrected chi connectivity index (χ3v) is 9.11. The first kappa shape index (κ1) is 13.8. The average molecular weight is 319 g/mol. The molecular formula is C19H23ClO2. The Morgan fingerprint density at radius 3 is 2.55 bits per heavy atom. The summed E-state index contributed by atoms with van der Waals surface area (Å²) < 4.78 is 0. The Hall–Kier alpha value is -0.630. The van der Waals surface area contributed by atoms with E-state index in [0.29, 0.717) is 23.4 Å². The van der Waals surface area contributed by atoms with Crippen molar-refractivity contribution in [3.63, 3.8) is 0 Å². The lowest BCUT2D eigenvalue weighted by molar-refractivity contribution is -0.166. The normalized spacial score (nSPS) is 61.8. The summed E-state index contributed by atoms with van der Waals surface area (Å²) in [6.07, 6.45) is 4.71. The maximum Gasteiger partial charge on any atom is 0.153 e. The molecule has 6 rings (SSSR count). The van der Waals surface area contributed by atoms with Crippen LogP contribution in [0.3, 0.4) is 0 Å². The molecule has 6 aliphatic rings. The van der Waals surface area contributed by atoms with Gasteiger partial charge in [-0.3, -0.25) is 9.59 Å². The summed E-state index contributed by atoms with van der Waals surface area (Å²) in [5, 5.41) is 0.0717. The zero-order valence-corrected chi connectivity index (χ0v) is 14.1. The molecule has 8 atom stereocenters. The van der Waals surface area contributed by atoms with Gasteiger partial charge in [0.2, 0.25) is 0 Å². The maximum atomic E-state index is 13.2. The smallest absolute Gasteiger partial charge is 0.153 e. The third-order valence-electron chi connectivity index (χ3n) is 8.62. The van der Waals surface area contributed by atoms with E-state index in [9.17, 15) is 9.59 Å². The molecule has 0 aromatic carbocycles. The highest BCUT2D eigenvalue weighted by atomic mass is 35.5.